The maximum absolute atomic E-state index is 14.0. The molecule has 2 fully saturated rings. The monoisotopic (exact) mass is 573 g/mol. The van der Waals surface area contributed by atoms with Gasteiger partial charge in [0.2, 0.25) is 5.91 Å². The number of ether oxygens (including phenoxy) is 1. The highest BCUT2D eigenvalue weighted by atomic mass is 19.4. The molecule has 4 heterocycles. The van der Waals surface area contributed by atoms with Gasteiger partial charge in [-0.05, 0) is 70.3 Å². The van der Waals surface area contributed by atoms with Crippen molar-refractivity contribution < 1.29 is 22.7 Å². The number of nitrogen functional groups attached to an aromatic ring is 1. The van der Waals surface area contributed by atoms with E-state index in [-0.39, 0.29) is 47.9 Å². The molecule has 0 radical (unpaired) electrons. The zero-order chi connectivity index (χ0) is 29.5. The molecule has 4 atom stereocenters. The van der Waals surface area contributed by atoms with Gasteiger partial charge in [0.15, 0.2) is 0 Å². The Balaban J connectivity index is 1.51. The second-order valence-corrected chi connectivity index (χ2v) is 11.5. The summed E-state index contributed by atoms with van der Waals surface area (Å²) in [5.74, 6) is -0.0287. The number of pyridine rings is 1. The van der Waals surface area contributed by atoms with E-state index in [1.807, 2.05) is 13.8 Å². The summed E-state index contributed by atoms with van der Waals surface area (Å²) >= 11 is 0. The van der Waals surface area contributed by atoms with E-state index in [1.165, 1.54) is 12.1 Å². The molecule has 0 spiro atoms. The molecule has 0 bridgehead atoms. The summed E-state index contributed by atoms with van der Waals surface area (Å²) in [7, 11) is 2.06. The van der Waals surface area contributed by atoms with Crippen LogP contribution in [0.1, 0.15) is 55.1 Å². The summed E-state index contributed by atoms with van der Waals surface area (Å²) in [4.78, 5) is 32.3. The number of aromatic nitrogens is 3. The van der Waals surface area contributed by atoms with Gasteiger partial charge < -0.3 is 25.2 Å². The molecule has 0 saturated carbocycles. The fourth-order valence-electron chi connectivity index (χ4n) is 6.39. The lowest BCUT2D eigenvalue weighted by molar-refractivity contribution is -0.138. The van der Waals surface area contributed by atoms with Gasteiger partial charge in [0.25, 0.3) is 0 Å². The first kappa shape index (κ1) is 29.1. The van der Waals surface area contributed by atoms with Gasteiger partial charge in [-0.3, -0.25) is 4.79 Å². The molecular formula is C29H38F3N7O2. The van der Waals surface area contributed by atoms with E-state index in [4.69, 9.17) is 20.4 Å². The zero-order valence-corrected chi connectivity index (χ0v) is 23.8. The van der Waals surface area contributed by atoms with Crippen molar-refractivity contribution >= 4 is 17.5 Å². The van der Waals surface area contributed by atoms with Crippen molar-refractivity contribution in [3.8, 4) is 6.01 Å². The summed E-state index contributed by atoms with van der Waals surface area (Å²) in [6.07, 6.45) is -0.373. The molecule has 2 N–H and O–H groups in total. The quantitative estimate of drug-likeness (QED) is 0.523. The number of nitrogens with zero attached hydrogens (tertiary/aromatic N) is 6. The number of hydrogen-bond acceptors (Lipinski definition) is 8. The number of piperazine rings is 1. The molecule has 41 heavy (non-hydrogen) atoms. The number of carbonyl (C=O) groups excluding carboxylic acids is 1. The number of carbonyl (C=O) groups is 1. The fourth-order valence-corrected chi connectivity index (χ4v) is 6.39. The largest absolute Gasteiger partial charge is 0.462 e. The minimum atomic E-state index is -4.55. The van der Waals surface area contributed by atoms with Crippen molar-refractivity contribution in [2.24, 2.45) is 5.92 Å². The lowest BCUT2D eigenvalue weighted by Crippen LogP contribution is -2.54. The van der Waals surface area contributed by atoms with Crippen LogP contribution in [-0.2, 0) is 23.8 Å². The van der Waals surface area contributed by atoms with E-state index in [1.54, 1.807) is 4.90 Å². The van der Waals surface area contributed by atoms with Crippen LogP contribution in [0.2, 0.25) is 0 Å². The molecule has 0 unspecified atom stereocenters. The van der Waals surface area contributed by atoms with Gasteiger partial charge in [0.05, 0.1) is 17.0 Å². The van der Waals surface area contributed by atoms with Crippen molar-refractivity contribution in [3.63, 3.8) is 0 Å². The normalized spacial score (nSPS) is 25.2. The maximum Gasteiger partial charge on any atom is 0.418 e. The molecule has 12 heteroatoms. The molecule has 1 amide bonds. The Morgan fingerprint density at radius 3 is 2.61 bits per heavy atom. The Morgan fingerprint density at radius 1 is 1.17 bits per heavy atom. The Hall–Kier alpha value is -3.41. The summed E-state index contributed by atoms with van der Waals surface area (Å²) < 4.78 is 48.1. The van der Waals surface area contributed by atoms with Crippen LogP contribution in [-0.4, -0.2) is 82.6 Å². The van der Waals surface area contributed by atoms with E-state index in [0.717, 1.165) is 36.8 Å². The van der Waals surface area contributed by atoms with Crippen molar-refractivity contribution in [3.05, 3.63) is 47.3 Å². The maximum atomic E-state index is 14.0. The van der Waals surface area contributed by atoms with E-state index in [0.29, 0.717) is 38.4 Å². The number of nitrogens with two attached hydrogens (primary N) is 1. The molecule has 3 aliphatic rings. The highest BCUT2D eigenvalue weighted by molar-refractivity contribution is 5.87. The number of alkyl halides is 3. The van der Waals surface area contributed by atoms with Crippen LogP contribution in [0.15, 0.2) is 24.8 Å². The van der Waals surface area contributed by atoms with Gasteiger partial charge in [0, 0.05) is 43.2 Å². The topological polar surface area (TPSA) is 101 Å². The van der Waals surface area contributed by atoms with Gasteiger partial charge in [-0.2, -0.15) is 23.1 Å². The molecule has 0 aromatic carbocycles. The lowest BCUT2D eigenvalue weighted by atomic mass is 9.75. The Morgan fingerprint density at radius 2 is 1.95 bits per heavy atom. The summed E-state index contributed by atoms with van der Waals surface area (Å²) in [5.41, 5.74) is 6.63. The zero-order valence-electron chi connectivity index (χ0n) is 23.8. The average molecular weight is 574 g/mol. The van der Waals surface area contributed by atoms with Crippen molar-refractivity contribution in [1.82, 2.24) is 24.8 Å². The molecule has 2 saturated heterocycles. The van der Waals surface area contributed by atoms with E-state index in [9.17, 15) is 18.0 Å². The van der Waals surface area contributed by atoms with Gasteiger partial charge in [-0.1, -0.05) is 13.5 Å². The summed E-state index contributed by atoms with van der Waals surface area (Å²) in [6.45, 7) is 10.6. The van der Waals surface area contributed by atoms with Crippen LogP contribution < -0.4 is 15.4 Å². The first-order valence-corrected chi connectivity index (χ1v) is 14.2. The van der Waals surface area contributed by atoms with Crippen molar-refractivity contribution in [1.29, 1.82) is 0 Å². The number of fused-ring (bicyclic) bond motifs is 1. The Labute approximate surface area is 238 Å². The smallest absolute Gasteiger partial charge is 0.418 e. The second kappa shape index (κ2) is 11.5. The molecule has 5 rings (SSSR count). The lowest BCUT2D eigenvalue weighted by Gasteiger charge is -2.42. The van der Waals surface area contributed by atoms with Crippen LogP contribution in [0.25, 0.3) is 0 Å². The van der Waals surface area contributed by atoms with Crippen LogP contribution >= 0.6 is 0 Å². The minimum Gasteiger partial charge on any atom is -0.462 e. The molecule has 1 aliphatic carbocycles. The highest BCUT2D eigenvalue weighted by Gasteiger charge is 2.41. The number of halogens is 3. The first-order chi connectivity index (χ1) is 19.5. The average Bonchev–Trinajstić information content (AvgIpc) is 3.34. The number of anilines is 2. The first-order valence-electron chi connectivity index (χ1n) is 14.2. The number of rotatable bonds is 6. The van der Waals surface area contributed by atoms with Crippen LogP contribution in [0.4, 0.5) is 24.8 Å². The second-order valence-electron chi connectivity index (χ2n) is 11.5. The van der Waals surface area contributed by atoms with E-state index >= 15 is 0 Å². The predicted octanol–water partition coefficient (Wildman–Crippen LogP) is 3.69. The fraction of sp³-hybridized carbons (Fsp3) is 0.586. The van der Waals surface area contributed by atoms with Gasteiger partial charge in [-0.15, -0.1) is 0 Å². The summed E-state index contributed by atoms with van der Waals surface area (Å²) in [6, 6.07) is 2.65. The molecule has 2 aliphatic heterocycles. The standard InChI is InChI=1S/C29H38F3N7O2/c1-5-25(40)38-11-12-39(18(3)15-38)27-21-13-17(2)20(26-22(29(30,31)32)8-9-24(33)35-26)14-23(21)34-28(36-27)41-16-19-7-6-10-37(19)4/h5,8-9,17-20H,1,6-7,10-16H2,2-4H3,(H2,33,35)/t17-,18-,19-,20-/m0/s1. The Bertz CT molecular complexity index is 1300. The third kappa shape index (κ3) is 5.98. The van der Waals surface area contributed by atoms with E-state index < -0.39 is 17.7 Å². The number of amides is 1. The molecule has 2 aromatic heterocycles. The SMILES string of the molecule is C=CC(=O)N1CCN(c2nc(OC[C@@H]3CCCN3C)nc3c2C[C@H](C)[C@@H](c2nc(N)ccc2C(F)(F)F)C3)[C@@H](C)C1. The number of likely N-dealkylation sites (N-methyl/N-ethyl adjacent to an activating group) is 1. The van der Waals surface area contributed by atoms with Gasteiger partial charge in [0.1, 0.15) is 18.2 Å². The van der Waals surface area contributed by atoms with Crippen LogP contribution in [0.3, 0.4) is 0 Å². The highest BCUT2D eigenvalue weighted by Crippen LogP contribution is 2.44. The molecule has 2 aromatic rings. The van der Waals surface area contributed by atoms with Gasteiger partial charge >= 0.3 is 12.2 Å². The minimum absolute atomic E-state index is 0.0408. The molecule has 222 valence electrons. The summed E-state index contributed by atoms with van der Waals surface area (Å²) in [5, 5.41) is 0. The van der Waals surface area contributed by atoms with Crippen LogP contribution in [0, 0.1) is 5.92 Å². The number of hydrogen-bond donors (Lipinski definition) is 1. The molecule has 9 nitrogen and oxygen atoms in total. The van der Waals surface area contributed by atoms with Crippen LogP contribution in [0.5, 0.6) is 6.01 Å². The van der Waals surface area contributed by atoms with Crippen molar-refractivity contribution in [2.45, 2.75) is 63.7 Å². The van der Waals surface area contributed by atoms with Crippen molar-refractivity contribution in [2.75, 3.05) is 50.5 Å². The third-order valence-corrected chi connectivity index (χ3v) is 8.74. The number of likely N-dealkylation sites (tertiary alicyclic amines) is 1. The van der Waals surface area contributed by atoms with Gasteiger partial charge in [-0.25, -0.2) is 4.98 Å². The predicted molar refractivity (Wildman–Crippen MR) is 150 cm³/mol. The Kier molecular flexibility index (Phi) is 8.13. The molecular weight excluding hydrogens is 535 g/mol. The third-order valence-electron chi connectivity index (χ3n) is 8.74. The van der Waals surface area contributed by atoms with E-state index in [2.05, 4.69) is 28.4 Å².